The molecule has 0 bridgehead atoms. The highest BCUT2D eigenvalue weighted by Gasteiger charge is 2.27. The van der Waals surface area contributed by atoms with Gasteiger partial charge in [-0.15, -0.1) is 0 Å². The minimum Gasteiger partial charge on any atom is -0.336 e. The van der Waals surface area contributed by atoms with E-state index in [4.69, 9.17) is 0 Å². The van der Waals surface area contributed by atoms with Crippen molar-refractivity contribution in [2.45, 2.75) is 12.5 Å². The van der Waals surface area contributed by atoms with Gasteiger partial charge >= 0.3 is 0 Å². The SMILES string of the molecule is CN(C(=O)c1ccc2c(c1)CC(=O)N2)C1CNC1. The van der Waals surface area contributed by atoms with Crippen molar-refractivity contribution in [2.75, 3.05) is 25.5 Å². The molecule has 0 aromatic heterocycles. The minimum absolute atomic E-state index is 0.00820. The zero-order chi connectivity index (χ0) is 12.7. The van der Waals surface area contributed by atoms with E-state index in [1.807, 2.05) is 13.1 Å². The van der Waals surface area contributed by atoms with Gasteiger partial charge in [0.15, 0.2) is 0 Å². The highest BCUT2D eigenvalue weighted by Crippen LogP contribution is 2.24. The first-order valence-corrected chi connectivity index (χ1v) is 6.06. The summed E-state index contributed by atoms with van der Waals surface area (Å²) in [6.07, 6.45) is 0.366. The van der Waals surface area contributed by atoms with Gasteiger partial charge in [-0.1, -0.05) is 0 Å². The molecule has 94 valence electrons. The van der Waals surface area contributed by atoms with Crippen LogP contribution >= 0.6 is 0 Å². The lowest BCUT2D eigenvalue weighted by Crippen LogP contribution is -2.57. The van der Waals surface area contributed by atoms with Gasteiger partial charge < -0.3 is 15.5 Å². The number of nitrogens with zero attached hydrogens (tertiary/aromatic N) is 1. The number of hydrogen-bond donors (Lipinski definition) is 2. The second-order valence-electron chi connectivity index (χ2n) is 4.83. The number of rotatable bonds is 2. The predicted octanol–water partition coefficient (Wildman–Crippen LogP) is 0.225. The first-order valence-electron chi connectivity index (χ1n) is 6.06. The van der Waals surface area contributed by atoms with Crippen molar-refractivity contribution < 1.29 is 9.59 Å². The molecule has 1 fully saturated rings. The van der Waals surface area contributed by atoms with Gasteiger partial charge in [0.25, 0.3) is 5.91 Å². The average Bonchev–Trinajstić information content (AvgIpc) is 2.64. The molecular formula is C13H15N3O2. The largest absolute Gasteiger partial charge is 0.336 e. The van der Waals surface area contributed by atoms with Gasteiger partial charge in [0.1, 0.15) is 0 Å². The lowest BCUT2D eigenvalue weighted by molar-refractivity contribution is -0.115. The number of amides is 2. The summed E-state index contributed by atoms with van der Waals surface area (Å²) in [7, 11) is 1.82. The molecule has 0 unspecified atom stereocenters. The summed E-state index contributed by atoms with van der Waals surface area (Å²) in [5, 5.41) is 5.91. The van der Waals surface area contributed by atoms with Crippen LogP contribution in [0, 0.1) is 0 Å². The average molecular weight is 245 g/mol. The van der Waals surface area contributed by atoms with Gasteiger partial charge in [-0.3, -0.25) is 9.59 Å². The molecule has 5 nitrogen and oxygen atoms in total. The van der Waals surface area contributed by atoms with E-state index in [0.717, 1.165) is 24.3 Å². The van der Waals surface area contributed by atoms with E-state index < -0.39 is 0 Å². The molecule has 0 saturated carbocycles. The van der Waals surface area contributed by atoms with Gasteiger partial charge in [-0.05, 0) is 23.8 Å². The number of nitrogens with one attached hydrogen (secondary N) is 2. The van der Waals surface area contributed by atoms with Crippen LogP contribution in [0.25, 0.3) is 0 Å². The topological polar surface area (TPSA) is 61.4 Å². The molecule has 18 heavy (non-hydrogen) atoms. The number of likely N-dealkylation sites (N-methyl/N-ethyl adjacent to an activating group) is 1. The normalized spacial score (nSPS) is 17.9. The molecule has 5 heteroatoms. The van der Waals surface area contributed by atoms with Crippen LogP contribution in [0.5, 0.6) is 0 Å². The lowest BCUT2D eigenvalue weighted by Gasteiger charge is -2.35. The number of benzene rings is 1. The molecule has 2 N–H and O–H groups in total. The van der Waals surface area contributed by atoms with Crippen LogP contribution in [0.15, 0.2) is 18.2 Å². The maximum Gasteiger partial charge on any atom is 0.253 e. The second-order valence-corrected chi connectivity index (χ2v) is 4.83. The molecule has 1 aromatic rings. The van der Waals surface area contributed by atoms with Crippen LogP contribution in [0.3, 0.4) is 0 Å². The molecule has 2 aliphatic rings. The maximum atomic E-state index is 12.3. The number of carbonyl (C=O) groups is 2. The maximum absolute atomic E-state index is 12.3. The quantitative estimate of drug-likeness (QED) is 0.784. The highest BCUT2D eigenvalue weighted by molar-refractivity contribution is 6.01. The molecule has 2 amide bonds. The molecule has 0 radical (unpaired) electrons. The first-order chi connectivity index (χ1) is 8.65. The molecule has 2 heterocycles. The van der Waals surface area contributed by atoms with Crippen LogP contribution in [0.1, 0.15) is 15.9 Å². The Hall–Kier alpha value is -1.88. The van der Waals surface area contributed by atoms with E-state index in [0.29, 0.717) is 12.0 Å². The molecule has 1 saturated heterocycles. The van der Waals surface area contributed by atoms with Gasteiger partial charge in [-0.2, -0.15) is 0 Å². The van der Waals surface area contributed by atoms with Crippen LogP contribution in [0.2, 0.25) is 0 Å². The molecular weight excluding hydrogens is 230 g/mol. The zero-order valence-electron chi connectivity index (χ0n) is 10.2. The van der Waals surface area contributed by atoms with Crippen molar-refractivity contribution in [2.24, 2.45) is 0 Å². The highest BCUT2D eigenvalue weighted by atomic mass is 16.2. The monoisotopic (exact) mass is 245 g/mol. The van der Waals surface area contributed by atoms with E-state index in [1.54, 1.807) is 17.0 Å². The Morgan fingerprint density at radius 2 is 2.17 bits per heavy atom. The Morgan fingerprint density at radius 1 is 1.39 bits per heavy atom. The third-order valence-corrected chi connectivity index (χ3v) is 3.61. The smallest absolute Gasteiger partial charge is 0.253 e. The van der Waals surface area contributed by atoms with Gasteiger partial charge in [-0.25, -0.2) is 0 Å². The third-order valence-electron chi connectivity index (χ3n) is 3.61. The van der Waals surface area contributed by atoms with Crippen LogP contribution < -0.4 is 10.6 Å². The van der Waals surface area contributed by atoms with Crippen LogP contribution in [-0.2, 0) is 11.2 Å². The van der Waals surface area contributed by atoms with Gasteiger partial charge in [0, 0.05) is 31.4 Å². The predicted molar refractivity (Wildman–Crippen MR) is 67.5 cm³/mol. The second kappa shape index (κ2) is 4.10. The first kappa shape index (κ1) is 11.2. The van der Waals surface area contributed by atoms with Crippen molar-refractivity contribution in [3.63, 3.8) is 0 Å². The van der Waals surface area contributed by atoms with E-state index in [1.165, 1.54) is 0 Å². The van der Waals surface area contributed by atoms with E-state index in [2.05, 4.69) is 10.6 Å². The fourth-order valence-corrected chi connectivity index (χ4v) is 2.28. The van der Waals surface area contributed by atoms with Gasteiger partial charge in [0.2, 0.25) is 5.91 Å². The molecule has 2 aliphatic heterocycles. The number of hydrogen-bond acceptors (Lipinski definition) is 3. The van der Waals surface area contributed by atoms with Crippen LogP contribution in [-0.4, -0.2) is 42.9 Å². The van der Waals surface area contributed by atoms with E-state index in [9.17, 15) is 9.59 Å². The summed E-state index contributed by atoms with van der Waals surface area (Å²) in [6, 6.07) is 5.68. The Morgan fingerprint density at radius 3 is 2.83 bits per heavy atom. The van der Waals surface area contributed by atoms with E-state index >= 15 is 0 Å². The number of fused-ring (bicyclic) bond motifs is 1. The van der Waals surface area contributed by atoms with Crippen molar-refractivity contribution in [1.29, 1.82) is 0 Å². The van der Waals surface area contributed by atoms with Crippen molar-refractivity contribution in [3.8, 4) is 0 Å². The van der Waals surface area contributed by atoms with E-state index in [-0.39, 0.29) is 17.9 Å². The van der Waals surface area contributed by atoms with Crippen molar-refractivity contribution in [3.05, 3.63) is 29.3 Å². The molecule has 3 rings (SSSR count). The summed E-state index contributed by atoms with van der Waals surface area (Å²) >= 11 is 0. The number of anilines is 1. The zero-order valence-corrected chi connectivity index (χ0v) is 10.2. The lowest BCUT2D eigenvalue weighted by atomic mass is 10.1. The standard InChI is InChI=1S/C13H15N3O2/c1-16(10-6-14-7-10)13(18)8-2-3-11-9(4-8)5-12(17)15-11/h2-4,10,14H,5-7H2,1H3,(H,15,17). The minimum atomic E-state index is -0.00820. The summed E-state index contributed by atoms with van der Waals surface area (Å²) in [5.74, 6) is 0.00907. The Kier molecular flexibility index (Phi) is 2.56. The van der Waals surface area contributed by atoms with Crippen molar-refractivity contribution >= 4 is 17.5 Å². The molecule has 0 spiro atoms. The molecule has 0 aliphatic carbocycles. The van der Waals surface area contributed by atoms with Crippen LogP contribution in [0.4, 0.5) is 5.69 Å². The molecule has 0 atom stereocenters. The fraction of sp³-hybridized carbons (Fsp3) is 0.385. The molecule has 1 aromatic carbocycles. The summed E-state index contributed by atoms with van der Waals surface area (Å²) < 4.78 is 0. The Balaban J connectivity index is 1.82. The number of carbonyl (C=O) groups excluding carboxylic acids is 2. The van der Waals surface area contributed by atoms with Crippen molar-refractivity contribution in [1.82, 2.24) is 10.2 Å². The summed E-state index contributed by atoms with van der Waals surface area (Å²) in [6.45, 7) is 1.71. The Labute approximate surface area is 105 Å². The van der Waals surface area contributed by atoms with Gasteiger partial charge in [0.05, 0.1) is 12.5 Å². The Bertz CT molecular complexity index is 523. The third kappa shape index (κ3) is 1.76. The summed E-state index contributed by atoms with van der Waals surface area (Å²) in [5.41, 5.74) is 2.38. The summed E-state index contributed by atoms with van der Waals surface area (Å²) in [4.78, 5) is 25.3. The fourth-order valence-electron chi connectivity index (χ4n) is 2.28.